The number of rotatable bonds is 9. The number of para-hydroxylation sites is 2. The van der Waals surface area contributed by atoms with Crippen LogP contribution in [0.25, 0.3) is 22.3 Å². The number of aromatic nitrogens is 2. The van der Waals surface area contributed by atoms with Gasteiger partial charge in [0.25, 0.3) is 5.56 Å². The van der Waals surface area contributed by atoms with Crippen molar-refractivity contribution in [3.05, 3.63) is 64.4 Å². The molecular formula is C32H42N4O6. The van der Waals surface area contributed by atoms with Crippen molar-refractivity contribution in [3.63, 3.8) is 0 Å². The van der Waals surface area contributed by atoms with Crippen molar-refractivity contribution >= 4 is 29.0 Å². The fourth-order valence-corrected chi connectivity index (χ4v) is 4.54. The van der Waals surface area contributed by atoms with Crippen LogP contribution in [0.2, 0.25) is 0 Å². The van der Waals surface area contributed by atoms with E-state index >= 15 is 0 Å². The number of aliphatic carboxylic acids is 1. The molecular weight excluding hydrogens is 536 g/mol. The topological polar surface area (TPSA) is 142 Å². The van der Waals surface area contributed by atoms with E-state index in [0.29, 0.717) is 49.0 Å². The third-order valence-corrected chi connectivity index (χ3v) is 6.73. The normalized spacial score (nSPS) is 14.8. The van der Waals surface area contributed by atoms with E-state index in [4.69, 9.17) is 4.74 Å². The smallest absolute Gasteiger partial charge is 0.407 e. The van der Waals surface area contributed by atoms with Gasteiger partial charge in [-0.25, -0.2) is 14.6 Å². The number of carbonyl (C=O) groups is 3. The van der Waals surface area contributed by atoms with Gasteiger partial charge in [-0.15, -0.1) is 0 Å². The second-order valence-electron chi connectivity index (χ2n) is 12.0. The number of carboxylic acid groups (broad SMARTS) is 1. The number of ether oxygens (including phenoxy) is 1. The van der Waals surface area contributed by atoms with Gasteiger partial charge in [0.05, 0.1) is 17.6 Å². The summed E-state index contributed by atoms with van der Waals surface area (Å²) >= 11 is 0. The molecule has 2 aromatic carbocycles. The summed E-state index contributed by atoms with van der Waals surface area (Å²) in [6.45, 7) is 10.7. The molecule has 3 N–H and O–H groups in total. The third-order valence-electron chi connectivity index (χ3n) is 6.73. The van der Waals surface area contributed by atoms with Gasteiger partial charge in [-0.05, 0) is 60.8 Å². The Morgan fingerprint density at radius 2 is 1.86 bits per heavy atom. The predicted octanol–water partition coefficient (Wildman–Crippen LogP) is 5.01. The van der Waals surface area contributed by atoms with Crippen LogP contribution in [-0.2, 0) is 20.7 Å². The summed E-state index contributed by atoms with van der Waals surface area (Å²) in [5, 5.41) is 11.6. The number of fused-ring (bicyclic) bond motifs is 1. The highest BCUT2D eigenvalue weighted by molar-refractivity contribution is 5.87. The highest BCUT2D eigenvalue weighted by Gasteiger charge is 2.33. The molecule has 1 fully saturated rings. The maximum absolute atomic E-state index is 12.6. The third kappa shape index (κ3) is 9.43. The minimum Gasteiger partial charge on any atom is -0.480 e. The maximum atomic E-state index is 12.6. The van der Waals surface area contributed by atoms with E-state index in [1.54, 1.807) is 0 Å². The SMILES string of the molecule is CC(C)(CCc1cccc(-c2nc3ccccc3[nH]c2=O)c1)COC(=O)NCC(=O)N1CCCC1C(=O)O.CC(C)C. The molecule has 1 aliphatic heterocycles. The van der Waals surface area contributed by atoms with Crippen LogP contribution in [0.1, 0.15) is 59.4 Å². The number of amides is 2. The first-order valence-electron chi connectivity index (χ1n) is 14.4. The van der Waals surface area contributed by atoms with E-state index in [2.05, 4.69) is 36.1 Å². The van der Waals surface area contributed by atoms with E-state index in [1.165, 1.54) is 4.90 Å². The highest BCUT2D eigenvalue weighted by Crippen LogP contribution is 2.25. The van der Waals surface area contributed by atoms with Crippen molar-refractivity contribution < 1.29 is 24.2 Å². The Hall–Kier alpha value is -4.21. The van der Waals surface area contributed by atoms with Gasteiger partial charge < -0.3 is 25.0 Å². The number of aryl methyl sites for hydroxylation is 1. The Bertz CT molecular complexity index is 1450. The largest absolute Gasteiger partial charge is 0.480 e. The molecule has 2 amide bonds. The molecule has 1 aromatic heterocycles. The molecule has 0 saturated carbocycles. The van der Waals surface area contributed by atoms with Crippen molar-refractivity contribution in [2.45, 2.75) is 66.3 Å². The van der Waals surface area contributed by atoms with Crippen LogP contribution in [0, 0.1) is 11.3 Å². The summed E-state index contributed by atoms with van der Waals surface area (Å²) in [6, 6.07) is 14.2. The van der Waals surface area contributed by atoms with Gasteiger partial charge in [-0.2, -0.15) is 0 Å². The summed E-state index contributed by atoms with van der Waals surface area (Å²) in [7, 11) is 0. The van der Waals surface area contributed by atoms with Crippen LogP contribution in [0.3, 0.4) is 0 Å². The van der Waals surface area contributed by atoms with Crippen molar-refractivity contribution in [3.8, 4) is 11.3 Å². The lowest BCUT2D eigenvalue weighted by Gasteiger charge is -2.25. The van der Waals surface area contributed by atoms with Crippen LogP contribution in [0.15, 0.2) is 53.3 Å². The van der Waals surface area contributed by atoms with E-state index in [-0.39, 0.29) is 24.1 Å². The average molecular weight is 579 g/mol. The number of benzene rings is 2. The molecule has 1 saturated heterocycles. The molecule has 1 atom stereocenters. The Morgan fingerprint density at radius 3 is 2.57 bits per heavy atom. The number of hydrogen-bond donors (Lipinski definition) is 3. The van der Waals surface area contributed by atoms with Gasteiger partial charge in [-0.3, -0.25) is 9.59 Å². The Balaban J connectivity index is 0.00000114. The summed E-state index contributed by atoms with van der Waals surface area (Å²) in [5.74, 6) is -0.642. The molecule has 10 nitrogen and oxygen atoms in total. The van der Waals surface area contributed by atoms with E-state index in [9.17, 15) is 24.3 Å². The molecule has 0 aliphatic carbocycles. The van der Waals surface area contributed by atoms with Gasteiger partial charge in [-0.1, -0.05) is 65.0 Å². The van der Waals surface area contributed by atoms with Gasteiger partial charge in [0.2, 0.25) is 5.91 Å². The summed E-state index contributed by atoms with van der Waals surface area (Å²) in [5.41, 5.74) is 2.93. The van der Waals surface area contributed by atoms with Crippen LogP contribution in [0.4, 0.5) is 4.79 Å². The van der Waals surface area contributed by atoms with Gasteiger partial charge in [0, 0.05) is 12.1 Å². The molecule has 0 bridgehead atoms. The monoisotopic (exact) mass is 578 g/mol. The van der Waals surface area contributed by atoms with Gasteiger partial charge in [0.1, 0.15) is 18.3 Å². The minimum absolute atomic E-state index is 0.139. The molecule has 4 rings (SSSR count). The lowest BCUT2D eigenvalue weighted by molar-refractivity contribution is -0.147. The molecule has 2 heterocycles. The molecule has 226 valence electrons. The fourth-order valence-electron chi connectivity index (χ4n) is 4.54. The zero-order chi connectivity index (χ0) is 30.9. The average Bonchev–Trinajstić information content (AvgIpc) is 3.44. The maximum Gasteiger partial charge on any atom is 0.407 e. The second-order valence-corrected chi connectivity index (χ2v) is 12.0. The van der Waals surface area contributed by atoms with E-state index in [1.807, 2.05) is 62.4 Å². The van der Waals surface area contributed by atoms with Crippen molar-refractivity contribution in [2.24, 2.45) is 11.3 Å². The number of aromatic amines is 1. The Labute approximate surface area is 246 Å². The Morgan fingerprint density at radius 1 is 1.14 bits per heavy atom. The number of hydrogen-bond acceptors (Lipinski definition) is 6. The zero-order valence-corrected chi connectivity index (χ0v) is 25.1. The van der Waals surface area contributed by atoms with Crippen molar-refractivity contribution in [1.29, 1.82) is 0 Å². The molecule has 0 spiro atoms. The minimum atomic E-state index is -1.04. The number of carboxylic acids is 1. The number of alkyl carbamates (subject to hydrolysis) is 1. The predicted molar refractivity (Wildman–Crippen MR) is 162 cm³/mol. The Kier molecular flexibility index (Phi) is 11.2. The first-order valence-corrected chi connectivity index (χ1v) is 14.4. The summed E-state index contributed by atoms with van der Waals surface area (Å²) in [6.07, 6.45) is 1.72. The number of H-pyrrole nitrogens is 1. The number of nitrogens with one attached hydrogen (secondary N) is 2. The van der Waals surface area contributed by atoms with Crippen LogP contribution in [0.5, 0.6) is 0 Å². The standard InChI is InChI=1S/C28H32N4O6.C4H10/c1-28(2,17-38-27(37)29-16-23(33)32-14-6-11-22(32)26(35)36)13-12-18-7-5-8-19(15-18)24-25(34)31-21-10-4-3-9-20(21)30-24;1-4(2)3/h3-5,7-10,15,22H,6,11-14,16-17H2,1-2H3,(H,29,37)(H,31,34)(H,35,36);4H,1-3H3. The first-order chi connectivity index (χ1) is 19.9. The molecule has 3 aromatic rings. The molecule has 1 unspecified atom stereocenters. The zero-order valence-electron chi connectivity index (χ0n) is 25.1. The summed E-state index contributed by atoms with van der Waals surface area (Å²) < 4.78 is 5.34. The van der Waals surface area contributed by atoms with E-state index in [0.717, 1.165) is 17.0 Å². The van der Waals surface area contributed by atoms with Crippen LogP contribution in [-0.4, -0.2) is 63.7 Å². The number of nitrogens with zero attached hydrogens (tertiary/aromatic N) is 2. The lowest BCUT2D eigenvalue weighted by Crippen LogP contribution is -2.45. The lowest BCUT2D eigenvalue weighted by atomic mass is 9.87. The highest BCUT2D eigenvalue weighted by atomic mass is 16.5. The number of likely N-dealkylation sites (tertiary alicyclic amines) is 1. The molecule has 10 heteroatoms. The van der Waals surface area contributed by atoms with Crippen molar-refractivity contribution in [2.75, 3.05) is 19.7 Å². The molecule has 1 aliphatic rings. The first kappa shape index (κ1) is 32.3. The van der Waals surface area contributed by atoms with Gasteiger partial charge in [0.15, 0.2) is 0 Å². The van der Waals surface area contributed by atoms with Crippen LogP contribution < -0.4 is 10.9 Å². The fraction of sp³-hybridized carbons (Fsp3) is 0.469. The second kappa shape index (κ2) is 14.6. The quantitative estimate of drug-likeness (QED) is 0.324. The molecule has 0 radical (unpaired) electrons. The van der Waals surface area contributed by atoms with Crippen molar-refractivity contribution in [1.82, 2.24) is 20.2 Å². The number of carbonyl (C=O) groups excluding carboxylic acids is 2. The van der Waals surface area contributed by atoms with Crippen LogP contribution >= 0.6 is 0 Å². The van der Waals surface area contributed by atoms with Gasteiger partial charge >= 0.3 is 12.1 Å². The van der Waals surface area contributed by atoms with E-state index < -0.39 is 24.0 Å². The summed E-state index contributed by atoms with van der Waals surface area (Å²) in [4.78, 5) is 57.0. The molecule has 42 heavy (non-hydrogen) atoms.